The average molecular weight is 376 g/mol. The molecule has 1 unspecified atom stereocenters. The summed E-state index contributed by atoms with van der Waals surface area (Å²) in [7, 11) is -1.02. The summed E-state index contributed by atoms with van der Waals surface area (Å²) in [5, 5.41) is 25.3. The Morgan fingerprint density at radius 2 is 2.26 bits per heavy atom. The van der Waals surface area contributed by atoms with Crippen molar-refractivity contribution in [3.8, 4) is 11.5 Å². The van der Waals surface area contributed by atoms with Gasteiger partial charge in [-0.25, -0.2) is 4.79 Å². The molecular weight excluding hydrogens is 351 g/mol. The molecule has 0 saturated carbocycles. The Balaban J connectivity index is 1.67. The van der Waals surface area contributed by atoms with E-state index >= 15 is 0 Å². The Hall–Kier alpha value is -2.26. The van der Waals surface area contributed by atoms with Crippen molar-refractivity contribution in [3.63, 3.8) is 0 Å². The molecule has 1 aromatic carbocycles. The monoisotopic (exact) mass is 376 g/mol. The lowest BCUT2D eigenvalue weighted by Gasteiger charge is -2.24. The Kier molecular flexibility index (Phi) is 5.91. The number of ether oxygens (including phenoxy) is 1. The fraction of sp³-hybridized carbons (Fsp3) is 0.556. The highest BCUT2D eigenvalue weighted by Gasteiger charge is 2.31. The number of hydrogen-bond acceptors (Lipinski definition) is 6. The van der Waals surface area contributed by atoms with Gasteiger partial charge in [0.2, 0.25) is 5.91 Å². The van der Waals surface area contributed by atoms with Gasteiger partial charge in [-0.15, -0.1) is 0 Å². The van der Waals surface area contributed by atoms with E-state index in [9.17, 15) is 19.7 Å². The van der Waals surface area contributed by atoms with Gasteiger partial charge in [0.1, 0.15) is 23.2 Å². The second-order valence-corrected chi connectivity index (χ2v) is 7.21. The normalized spacial score (nSPS) is 22.6. The first-order valence-corrected chi connectivity index (χ1v) is 9.28. The third-order valence-electron chi connectivity index (χ3n) is 5.04. The van der Waals surface area contributed by atoms with Gasteiger partial charge in [-0.05, 0) is 50.2 Å². The van der Waals surface area contributed by atoms with E-state index in [0.29, 0.717) is 12.7 Å². The molecule has 2 aliphatic rings. The first-order chi connectivity index (χ1) is 12.9. The van der Waals surface area contributed by atoms with Crippen molar-refractivity contribution < 1.29 is 29.1 Å². The number of hydrogen-bond donors (Lipinski definition) is 4. The molecule has 0 bridgehead atoms. The lowest BCUT2D eigenvalue weighted by Crippen LogP contribution is -2.46. The Morgan fingerprint density at radius 3 is 2.93 bits per heavy atom. The van der Waals surface area contributed by atoms with Crippen molar-refractivity contribution in [2.75, 3.05) is 13.1 Å². The minimum Gasteiger partial charge on any atom is -0.535 e. The average Bonchev–Trinajstić information content (AvgIpc) is 3.05. The van der Waals surface area contributed by atoms with Gasteiger partial charge in [-0.3, -0.25) is 4.79 Å². The fourth-order valence-electron chi connectivity index (χ4n) is 3.51. The zero-order valence-electron chi connectivity index (χ0n) is 15.5. The minimum absolute atomic E-state index is 0.0780. The number of aryl methyl sites for hydroxylation is 1. The molecule has 9 heteroatoms. The Labute approximate surface area is 158 Å². The predicted octanol–water partition coefficient (Wildman–Crippen LogP) is 0.682. The van der Waals surface area contributed by atoms with E-state index in [-0.39, 0.29) is 41.5 Å². The molecule has 1 saturated heterocycles. The van der Waals surface area contributed by atoms with Gasteiger partial charge in [0.25, 0.3) is 0 Å². The van der Waals surface area contributed by atoms with Gasteiger partial charge in [-0.1, -0.05) is 13.0 Å². The summed E-state index contributed by atoms with van der Waals surface area (Å²) in [4.78, 5) is 24.0. The van der Waals surface area contributed by atoms with Gasteiger partial charge in [0, 0.05) is 0 Å². The van der Waals surface area contributed by atoms with Crippen LogP contribution in [0.15, 0.2) is 12.1 Å². The number of fused-ring (bicyclic) bond motifs is 1. The third-order valence-corrected chi connectivity index (χ3v) is 5.04. The number of carbonyl (C=O) groups excluding carboxylic acids is 1. The van der Waals surface area contributed by atoms with Gasteiger partial charge in [-0.2, -0.15) is 0 Å². The number of nitrogens with one attached hydrogen (secondary N) is 2. The van der Waals surface area contributed by atoms with Crippen LogP contribution in [0.4, 0.5) is 0 Å². The first-order valence-electron chi connectivity index (χ1n) is 9.28. The number of carboxylic acids is 1. The van der Waals surface area contributed by atoms with Crippen LogP contribution in [0.2, 0.25) is 6.32 Å². The Morgan fingerprint density at radius 1 is 1.48 bits per heavy atom. The first kappa shape index (κ1) is 19.5. The summed E-state index contributed by atoms with van der Waals surface area (Å²) >= 11 is 0. The molecule has 2 heterocycles. The second-order valence-electron chi connectivity index (χ2n) is 7.21. The van der Waals surface area contributed by atoms with Crippen LogP contribution in [0.3, 0.4) is 0 Å². The highest BCUT2D eigenvalue weighted by Crippen LogP contribution is 2.36. The highest BCUT2D eigenvalue weighted by molar-refractivity contribution is 6.44. The molecule has 0 radical (unpaired) electrons. The van der Waals surface area contributed by atoms with Crippen molar-refractivity contribution in [1.29, 1.82) is 0 Å². The van der Waals surface area contributed by atoms with E-state index in [2.05, 4.69) is 10.6 Å². The summed E-state index contributed by atoms with van der Waals surface area (Å²) in [6, 6.07) is 3.14. The molecule has 27 heavy (non-hydrogen) atoms. The van der Waals surface area contributed by atoms with Gasteiger partial charge in [0.15, 0.2) is 0 Å². The van der Waals surface area contributed by atoms with Crippen LogP contribution in [-0.4, -0.2) is 54.4 Å². The van der Waals surface area contributed by atoms with Crippen molar-refractivity contribution in [2.24, 2.45) is 5.92 Å². The van der Waals surface area contributed by atoms with Gasteiger partial charge >= 0.3 is 13.1 Å². The molecule has 146 valence electrons. The zero-order valence-corrected chi connectivity index (χ0v) is 15.5. The highest BCUT2D eigenvalue weighted by atomic mass is 16.5. The predicted molar refractivity (Wildman–Crippen MR) is 99.2 cm³/mol. The van der Waals surface area contributed by atoms with E-state index in [1.165, 1.54) is 0 Å². The van der Waals surface area contributed by atoms with Crippen molar-refractivity contribution in [3.05, 3.63) is 23.3 Å². The van der Waals surface area contributed by atoms with Gasteiger partial charge < -0.3 is 30.2 Å². The molecule has 3 rings (SSSR count). The molecule has 0 aliphatic carbocycles. The minimum atomic E-state index is -1.18. The summed E-state index contributed by atoms with van der Waals surface area (Å²) in [5.74, 6) is -0.672. The zero-order chi connectivity index (χ0) is 19.6. The van der Waals surface area contributed by atoms with Crippen LogP contribution >= 0.6 is 0 Å². The largest absolute Gasteiger partial charge is 0.535 e. The number of carboxylic acid groups (broad SMARTS) is 1. The summed E-state index contributed by atoms with van der Waals surface area (Å²) in [5.41, 5.74) is 0.628. The second kappa shape index (κ2) is 8.18. The summed E-state index contributed by atoms with van der Waals surface area (Å²) in [6.45, 7) is 4.87. The fourth-order valence-corrected chi connectivity index (χ4v) is 3.51. The van der Waals surface area contributed by atoms with Crippen LogP contribution in [0.1, 0.15) is 36.2 Å². The molecular formula is C18H25BN2O6. The molecule has 2 aliphatic heterocycles. The smallest absolute Gasteiger partial charge is 0.522 e. The van der Waals surface area contributed by atoms with Crippen LogP contribution < -0.4 is 20.0 Å². The molecule has 0 spiro atoms. The maximum absolute atomic E-state index is 12.2. The Bertz CT molecular complexity index is 728. The molecule has 1 amide bonds. The lowest BCUT2D eigenvalue weighted by molar-refractivity contribution is -0.123. The molecule has 8 nitrogen and oxygen atoms in total. The van der Waals surface area contributed by atoms with Crippen LogP contribution in [0.25, 0.3) is 0 Å². The van der Waals surface area contributed by atoms with Crippen LogP contribution in [-0.2, 0) is 11.2 Å². The lowest BCUT2D eigenvalue weighted by atomic mass is 9.78. The van der Waals surface area contributed by atoms with E-state index in [1.807, 2.05) is 6.92 Å². The summed E-state index contributed by atoms with van der Waals surface area (Å²) in [6.07, 6.45) is 1.49. The summed E-state index contributed by atoms with van der Waals surface area (Å²) < 4.78 is 11.1. The van der Waals surface area contributed by atoms with E-state index in [4.69, 9.17) is 9.39 Å². The van der Waals surface area contributed by atoms with Crippen LogP contribution in [0.5, 0.6) is 11.5 Å². The molecule has 1 aromatic rings. The van der Waals surface area contributed by atoms with Gasteiger partial charge in [0.05, 0.1) is 12.6 Å². The van der Waals surface area contributed by atoms with E-state index in [0.717, 1.165) is 18.5 Å². The van der Waals surface area contributed by atoms with Crippen molar-refractivity contribution in [1.82, 2.24) is 10.6 Å². The van der Waals surface area contributed by atoms with Crippen molar-refractivity contribution >= 4 is 19.0 Å². The van der Waals surface area contributed by atoms with E-state index < -0.39 is 19.2 Å². The van der Waals surface area contributed by atoms with Crippen LogP contribution in [0, 0.1) is 5.92 Å². The number of amides is 1. The number of carbonyl (C=O) groups is 2. The molecule has 4 N–H and O–H groups in total. The standard InChI is InChI=1S/C18H25BN2O6/c1-10-6-8-20-15(10)17(22)21-9-11(2)26-13-4-3-12-5-7-19(25)27-16(12)14(13)18(23)24/h3-4,10-11,15,20,25H,5-9H2,1-2H3,(H,21,22)(H,23,24)/t10-,11?,15+/m1/s1. The topological polar surface area (TPSA) is 117 Å². The number of rotatable bonds is 6. The third kappa shape index (κ3) is 4.36. The van der Waals surface area contributed by atoms with E-state index in [1.54, 1.807) is 19.1 Å². The molecule has 3 atom stereocenters. The maximum Gasteiger partial charge on any atom is 0.522 e. The van der Waals surface area contributed by atoms with Crippen molar-refractivity contribution in [2.45, 2.75) is 45.2 Å². The number of aromatic carboxylic acids is 1. The maximum atomic E-state index is 12.2. The molecule has 0 aromatic heterocycles. The SMILES string of the molecule is CC(CNC(=O)[C@H]1NCC[C@H]1C)Oc1ccc2c(c1C(=O)O)OB(O)CC2. The molecule has 1 fully saturated rings. The number of benzene rings is 1. The quantitative estimate of drug-likeness (QED) is 0.540.